The smallest absolute Gasteiger partial charge is 0.325 e. The first-order valence-electron chi connectivity index (χ1n) is 26.6. The topological polar surface area (TPSA) is 512 Å². The van der Waals surface area contributed by atoms with Gasteiger partial charge in [0, 0.05) is 55.2 Å². The molecule has 2 rings (SSSR count). The fourth-order valence-electron chi connectivity index (χ4n) is 7.74. The number of carbonyl (C=O) groups excluding carboxylic acids is 11. The molecule has 33 heteroatoms. The molecule has 0 saturated carbocycles. The number of aliphatic hydroxyl groups excluding tert-OH is 1. The number of aliphatic hydroxyl groups is 1. The SMILES string of the molecule is CC(C)C[C@H](NC(=O)[C@H](Cc1cnc[nH]1)NC(=O)[C@@H](N)CCC(N)=O)C(=O)N[C@@H](CS)C(=O)NCC(=O)N[C@@H](CO)C(=O)N[C@@H](Cc1cnc[nH]1)C(=O)N[C@@H](CC(C)C)C(=O)N[C@H](C(=O)N[C@@H](CCC(=O)O)C(=O)N[C@@H](C)C(=O)O)C(C)C. The van der Waals surface area contributed by atoms with Crippen molar-refractivity contribution in [2.45, 2.75) is 160 Å². The molecular weight excluding hydrogens is 1110 g/mol. The summed E-state index contributed by atoms with van der Waals surface area (Å²) in [5.41, 5.74) is 11.9. The molecule has 2 aromatic heterocycles. The van der Waals surface area contributed by atoms with E-state index in [1.165, 1.54) is 25.0 Å². The maximum absolute atomic E-state index is 14.1. The van der Waals surface area contributed by atoms with Gasteiger partial charge in [0.2, 0.25) is 65.0 Å². The van der Waals surface area contributed by atoms with Gasteiger partial charge in [-0.2, -0.15) is 12.6 Å². The van der Waals surface area contributed by atoms with Crippen LogP contribution in [0.25, 0.3) is 0 Å². The molecule has 32 nitrogen and oxygen atoms in total. The largest absolute Gasteiger partial charge is 0.481 e. The summed E-state index contributed by atoms with van der Waals surface area (Å²) in [6.45, 7) is 9.42. The molecular formula is C50H80N16O16S. The van der Waals surface area contributed by atoms with E-state index in [-0.39, 0.29) is 56.1 Å². The van der Waals surface area contributed by atoms with Crippen LogP contribution in [0.4, 0.5) is 0 Å². The second-order valence-electron chi connectivity index (χ2n) is 20.7. The van der Waals surface area contributed by atoms with Crippen molar-refractivity contribution in [3.05, 3.63) is 36.4 Å². The van der Waals surface area contributed by atoms with Crippen LogP contribution in [-0.4, -0.2) is 191 Å². The lowest BCUT2D eigenvalue weighted by Gasteiger charge is -2.29. The molecule has 0 saturated heterocycles. The number of carboxylic acid groups (broad SMARTS) is 2. The van der Waals surface area contributed by atoms with E-state index in [1.807, 2.05) is 0 Å². The van der Waals surface area contributed by atoms with Gasteiger partial charge in [-0.15, -0.1) is 0 Å². The van der Waals surface area contributed by atoms with E-state index in [2.05, 4.69) is 85.7 Å². The summed E-state index contributed by atoms with van der Waals surface area (Å²) in [5, 5.41) is 53.1. The highest BCUT2D eigenvalue weighted by atomic mass is 32.1. The zero-order chi connectivity index (χ0) is 62.7. The summed E-state index contributed by atoms with van der Waals surface area (Å²) < 4.78 is 0. The Hall–Kier alpha value is -8.20. The van der Waals surface area contributed by atoms with Crippen LogP contribution in [0.1, 0.15) is 98.4 Å². The van der Waals surface area contributed by atoms with Crippen LogP contribution >= 0.6 is 12.6 Å². The van der Waals surface area contributed by atoms with Gasteiger partial charge in [0.15, 0.2) is 0 Å². The van der Waals surface area contributed by atoms with Crippen molar-refractivity contribution >= 4 is 89.5 Å². The molecule has 0 aliphatic heterocycles. The number of hydrogen-bond acceptors (Lipinski definition) is 18. The van der Waals surface area contributed by atoms with Crippen molar-refractivity contribution in [3.8, 4) is 0 Å². The highest BCUT2D eigenvalue weighted by Gasteiger charge is 2.36. The van der Waals surface area contributed by atoms with Crippen molar-refractivity contribution in [1.82, 2.24) is 73.1 Å². The molecule has 0 fully saturated rings. The quantitative estimate of drug-likeness (QED) is 0.0279. The third-order valence-electron chi connectivity index (χ3n) is 12.3. The molecule has 0 bridgehead atoms. The molecule has 10 atom stereocenters. The zero-order valence-electron chi connectivity index (χ0n) is 47.2. The maximum atomic E-state index is 14.1. The molecule has 11 amide bonds. The third kappa shape index (κ3) is 26.1. The van der Waals surface area contributed by atoms with Gasteiger partial charge in [-0.3, -0.25) is 62.3 Å². The number of rotatable bonds is 38. The van der Waals surface area contributed by atoms with E-state index in [4.69, 9.17) is 11.5 Å². The van der Waals surface area contributed by atoms with Gasteiger partial charge in [-0.05, 0) is 50.4 Å². The Bertz CT molecular complexity index is 2530. The van der Waals surface area contributed by atoms with E-state index in [9.17, 15) is 77.6 Å². The number of carbonyl (C=O) groups is 13. The third-order valence-corrected chi connectivity index (χ3v) is 12.6. The van der Waals surface area contributed by atoms with Gasteiger partial charge in [0.1, 0.15) is 54.4 Å². The standard InChI is InChI=1S/C50H80N16O16S/c1-23(2)12-31(62-45(76)33(14-27-16-53-21-56-27)61-41(72)29(51)8-10-37(52)68)44(75)65-36(20-83)42(73)55-18-38(69)59-35(19-67)48(79)64-34(15-28-17-54-22-57-28)46(77)63-32(13-24(3)4)47(78)66-40(25(5)6)49(80)60-30(9-11-39(70)71)43(74)58-26(7)50(81)82/h16-17,21-26,29-36,40,67,83H,8-15,18-20,51H2,1-7H3,(H2,52,68)(H,53,56)(H,54,57)(H,55,73)(H,58,74)(H,59,69)(H,60,80)(H,61,72)(H,62,76)(H,63,77)(H,64,79)(H,65,75)(H,66,78)(H,70,71)(H,81,82)/t26-,29-,30-,31-,32-,33-,34-,35-,36-,40-/m0/s1. The molecule has 19 N–H and O–H groups in total. The number of nitrogens with two attached hydrogens (primary N) is 2. The van der Waals surface area contributed by atoms with E-state index >= 15 is 0 Å². The average Bonchev–Trinajstić information content (AvgIpc) is 4.16. The maximum Gasteiger partial charge on any atom is 0.325 e. The number of aromatic amines is 2. The van der Waals surface area contributed by atoms with E-state index in [0.29, 0.717) is 11.4 Å². The van der Waals surface area contributed by atoms with E-state index in [0.717, 1.165) is 6.92 Å². The molecule has 0 spiro atoms. The lowest BCUT2D eigenvalue weighted by Crippen LogP contribution is -2.61. The average molecular weight is 1190 g/mol. The summed E-state index contributed by atoms with van der Waals surface area (Å²) in [6.07, 6.45) is 3.72. The lowest BCUT2D eigenvalue weighted by atomic mass is 9.98. The second-order valence-corrected chi connectivity index (χ2v) is 21.1. The van der Waals surface area contributed by atoms with Crippen molar-refractivity contribution < 1.29 is 77.6 Å². The Kier molecular flexibility index (Phi) is 30.4. The number of imidazole rings is 2. The number of nitrogens with zero attached hydrogens (tertiary/aromatic N) is 2. The first-order valence-corrected chi connectivity index (χ1v) is 27.2. The molecule has 2 aromatic rings. The van der Waals surface area contributed by atoms with Gasteiger partial charge < -0.3 is 89.9 Å². The zero-order valence-corrected chi connectivity index (χ0v) is 48.1. The van der Waals surface area contributed by atoms with Crippen LogP contribution in [0.15, 0.2) is 25.0 Å². The summed E-state index contributed by atoms with van der Waals surface area (Å²) in [4.78, 5) is 183. The highest BCUT2D eigenvalue weighted by Crippen LogP contribution is 2.12. The number of hydrogen-bond donors (Lipinski definition) is 18. The number of carboxylic acids is 2. The van der Waals surface area contributed by atoms with Crippen LogP contribution in [-0.2, 0) is 75.2 Å². The van der Waals surface area contributed by atoms with Crippen LogP contribution < -0.4 is 64.6 Å². The molecule has 83 heavy (non-hydrogen) atoms. The Balaban J connectivity index is 2.22. The van der Waals surface area contributed by atoms with Crippen LogP contribution in [0, 0.1) is 17.8 Å². The fourth-order valence-corrected chi connectivity index (χ4v) is 8.00. The van der Waals surface area contributed by atoms with Gasteiger partial charge in [0.25, 0.3) is 0 Å². The highest BCUT2D eigenvalue weighted by molar-refractivity contribution is 7.80. The summed E-state index contributed by atoms with van der Waals surface area (Å²) in [7, 11) is 0. The minimum atomic E-state index is -1.74. The number of primary amides is 1. The number of aromatic nitrogens is 4. The summed E-state index contributed by atoms with van der Waals surface area (Å²) in [6, 6.07) is -14.1. The molecule has 0 aliphatic rings. The lowest BCUT2D eigenvalue weighted by molar-refractivity contribution is -0.142. The summed E-state index contributed by atoms with van der Waals surface area (Å²) in [5.74, 6) is -14.0. The monoisotopic (exact) mass is 1190 g/mol. The predicted octanol–water partition coefficient (Wildman–Crippen LogP) is -5.37. The Morgan fingerprint density at radius 2 is 0.988 bits per heavy atom. The first kappa shape index (κ1) is 70.9. The minimum absolute atomic E-state index is 0.0213. The van der Waals surface area contributed by atoms with Gasteiger partial charge in [-0.1, -0.05) is 41.5 Å². The Morgan fingerprint density at radius 3 is 1.42 bits per heavy atom. The number of amides is 11. The van der Waals surface area contributed by atoms with Gasteiger partial charge in [-0.25, -0.2) is 9.97 Å². The van der Waals surface area contributed by atoms with Crippen molar-refractivity contribution in [1.29, 1.82) is 0 Å². The Morgan fingerprint density at radius 1 is 0.542 bits per heavy atom. The van der Waals surface area contributed by atoms with Gasteiger partial charge >= 0.3 is 11.9 Å². The van der Waals surface area contributed by atoms with E-state index < -0.39 is 169 Å². The van der Waals surface area contributed by atoms with Crippen LogP contribution in [0.3, 0.4) is 0 Å². The second kappa shape index (κ2) is 35.6. The number of nitrogens with one attached hydrogen (secondary N) is 12. The van der Waals surface area contributed by atoms with E-state index in [1.54, 1.807) is 41.5 Å². The van der Waals surface area contributed by atoms with Crippen molar-refractivity contribution in [2.75, 3.05) is 18.9 Å². The predicted molar refractivity (Wildman–Crippen MR) is 296 cm³/mol. The Labute approximate surface area is 483 Å². The minimum Gasteiger partial charge on any atom is -0.481 e. The molecule has 2 heterocycles. The first-order chi connectivity index (χ1) is 39.0. The van der Waals surface area contributed by atoms with Crippen molar-refractivity contribution in [2.24, 2.45) is 29.2 Å². The molecule has 462 valence electrons. The van der Waals surface area contributed by atoms with Gasteiger partial charge in [0.05, 0.1) is 31.8 Å². The number of aliphatic carboxylic acids is 2. The molecule has 0 radical (unpaired) electrons. The molecule has 0 aliphatic carbocycles. The molecule has 0 aromatic carbocycles. The number of thiol groups is 1. The number of H-pyrrole nitrogens is 2. The van der Waals surface area contributed by atoms with Crippen LogP contribution in [0.2, 0.25) is 0 Å². The summed E-state index contributed by atoms with van der Waals surface area (Å²) >= 11 is 4.18. The normalized spacial score (nSPS) is 14.8. The van der Waals surface area contributed by atoms with Crippen molar-refractivity contribution in [3.63, 3.8) is 0 Å². The molecule has 0 unspecified atom stereocenters. The fraction of sp³-hybridized carbons (Fsp3) is 0.620. The van der Waals surface area contributed by atoms with Crippen LogP contribution in [0.5, 0.6) is 0 Å².